The predicted molar refractivity (Wildman–Crippen MR) is 85.5 cm³/mol. The molecule has 10 heteroatoms. The molecular weight excluding hydrogens is 336 g/mol. The van der Waals surface area contributed by atoms with E-state index < -0.39 is 4.92 Å². The van der Waals surface area contributed by atoms with E-state index >= 15 is 0 Å². The molecule has 0 aliphatic carbocycles. The third-order valence-electron chi connectivity index (χ3n) is 3.12. The number of carbonyl (C=O) groups is 1. The summed E-state index contributed by atoms with van der Waals surface area (Å²) < 4.78 is 10.3. The molecule has 0 radical (unpaired) electrons. The molecule has 1 aromatic carbocycles. The number of aromatic nitrogens is 1. The number of nitrogens with one attached hydrogen (secondary N) is 1. The number of hydrogen-bond acceptors (Lipinski definition) is 8. The number of ether oxygens (including phenoxy) is 2. The number of fused-ring (bicyclic) bond motifs is 1. The molecule has 0 saturated heterocycles. The molecule has 24 heavy (non-hydrogen) atoms. The van der Waals surface area contributed by atoms with Gasteiger partial charge in [-0.1, -0.05) is 0 Å². The van der Waals surface area contributed by atoms with E-state index in [1.165, 1.54) is 29.7 Å². The van der Waals surface area contributed by atoms with Gasteiger partial charge in [0, 0.05) is 5.38 Å². The molecular formula is C14H12N4O5S. The minimum Gasteiger partial charge on any atom is -0.454 e. The van der Waals surface area contributed by atoms with E-state index in [0.717, 1.165) is 5.01 Å². The van der Waals surface area contributed by atoms with Crippen LogP contribution in [0.2, 0.25) is 0 Å². The number of hydrazone groups is 1. The number of aryl methyl sites for hydroxylation is 1. The normalized spacial score (nSPS) is 12.5. The molecule has 2 aromatic rings. The average molecular weight is 348 g/mol. The Hall–Kier alpha value is -3.01. The maximum absolute atomic E-state index is 11.8. The lowest BCUT2D eigenvalue weighted by Gasteiger charge is -2.01. The number of carbonyl (C=O) groups excluding carboxylic acids is 1. The number of nitrogens with zero attached hydrogens (tertiary/aromatic N) is 3. The van der Waals surface area contributed by atoms with Gasteiger partial charge in [-0.05, 0) is 13.0 Å². The van der Waals surface area contributed by atoms with Gasteiger partial charge >= 0.3 is 0 Å². The number of nitro benzene ring substituents is 1. The molecule has 0 atom stereocenters. The average Bonchev–Trinajstić information content (AvgIpc) is 3.14. The Bertz CT molecular complexity index is 833. The second-order valence-corrected chi connectivity index (χ2v) is 5.91. The SMILES string of the molecule is Cc1nc(CC(=O)N/N=C\c2cc3c(cc2[N+](=O)[O-])OCO3)cs1. The maximum Gasteiger partial charge on any atom is 0.282 e. The van der Waals surface area contributed by atoms with Crippen LogP contribution in [0.5, 0.6) is 11.5 Å². The summed E-state index contributed by atoms with van der Waals surface area (Å²) in [5, 5.41) is 17.5. The van der Waals surface area contributed by atoms with Crippen molar-refractivity contribution in [2.45, 2.75) is 13.3 Å². The van der Waals surface area contributed by atoms with Gasteiger partial charge in [0.2, 0.25) is 12.7 Å². The molecule has 124 valence electrons. The lowest BCUT2D eigenvalue weighted by molar-refractivity contribution is -0.385. The Morgan fingerprint density at radius 3 is 2.92 bits per heavy atom. The molecule has 0 unspecified atom stereocenters. The van der Waals surface area contributed by atoms with Crippen molar-refractivity contribution in [2.75, 3.05) is 6.79 Å². The van der Waals surface area contributed by atoms with Gasteiger partial charge in [-0.25, -0.2) is 10.4 Å². The number of hydrogen-bond donors (Lipinski definition) is 1. The number of amides is 1. The van der Waals surface area contributed by atoms with Gasteiger partial charge in [0.05, 0.1) is 39.9 Å². The number of nitro groups is 1. The second kappa shape index (κ2) is 6.62. The van der Waals surface area contributed by atoms with E-state index in [4.69, 9.17) is 9.47 Å². The van der Waals surface area contributed by atoms with Crippen molar-refractivity contribution in [3.05, 3.63) is 43.9 Å². The fraction of sp³-hybridized carbons (Fsp3) is 0.214. The van der Waals surface area contributed by atoms with Crippen LogP contribution in [0.15, 0.2) is 22.6 Å². The number of thiazole rings is 1. The first-order valence-corrected chi connectivity index (χ1v) is 7.72. The Balaban J connectivity index is 1.70. The minimum atomic E-state index is -0.552. The van der Waals surface area contributed by atoms with Crippen LogP contribution < -0.4 is 14.9 Å². The van der Waals surface area contributed by atoms with Crippen molar-refractivity contribution in [3.63, 3.8) is 0 Å². The van der Waals surface area contributed by atoms with Crippen LogP contribution in [-0.4, -0.2) is 28.8 Å². The molecule has 0 bridgehead atoms. The molecule has 0 spiro atoms. The van der Waals surface area contributed by atoms with Gasteiger partial charge in [0.15, 0.2) is 11.5 Å². The third kappa shape index (κ3) is 3.49. The summed E-state index contributed by atoms with van der Waals surface area (Å²) in [6.07, 6.45) is 1.29. The standard InChI is InChI=1S/C14H12N4O5S/c1-8-16-10(6-24-8)3-14(19)17-15-5-9-2-12-13(23-7-22-12)4-11(9)18(20)21/h2,4-6H,3,7H2,1H3,(H,17,19)/b15-5-. The zero-order chi connectivity index (χ0) is 17.1. The molecule has 1 aliphatic heterocycles. The zero-order valence-electron chi connectivity index (χ0n) is 12.5. The molecule has 0 saturated carbocycles. The molecule has 0 fully saturated rings. The molecule has 3 rings (SSSR count). The summed E-state index contributed by atoms with van der Waals surface area (Å²) in [7, 11) is 0. The van der Waals surface area contributed by atoms with Gasteiger partial charge in [0.25, 0.3) is 5.69 Å². The van der Waals surface area contributed by atoms with E-state index in [0.29, 0.717) is 17.2 Å². The molecule has 9 nitrogen and oxygen atoms in total. The molecule has 1 aromatic heterocycles. The van der Waals surface area contributed by atoms with Crippen LogP contribution in [0.25, 0.3) is 0 Å². The maximum atomic E-state index is 11.8. The largest absolute Gasteiger partial charge is 0.454 e. The molecule has 2 heterocycles. The first-order chi connectivity index (χ1) is 11.5. The Kier molecular flexibility index (Phi) is 4.38. The Morgan fingerprint density at radius 2 is 2.25 bits per heavy atom. The highest BCUT2D eigenvalue weighted by Crippen LogP contribution is 2.37. The van der Waals surface area contributed by atoms with E-state index in [1.54, 1.807) is 5.38 Å². The number of benzene rings is 1. The van der Waals surface area contributed by atoms with Gasteiger partial charge in [0.1, 0.15) is 0 Å². The summed E-state index contributed by atoms with van der Waals surface area (Å²) in [5.74, 6) is 0.341. The lowest BCUT2D eigenvalue weighted by atomic mass is 10.1. The quantitative estimate of drug-likeness (QED) is 0.500. The van der Waals surface area contributed by atoms with E-state index in [2.05, 4.69) is 15.5 Å². The van der Waals surface area contributed by atoms with Crippen LogP contribution in [0, 0.1) is 17.0 Å². The van der Waals surface area contributed by atoms with Crippen molar-refractivity contribution in [1.82, 2.24) is 10.4 Å². The van der Waals surface area contributed by atoms with E-state index in [1.807, 2.05) is 6.92 Å². The first-order valence-electron chi connectivity index (χ1n) is 6.84. The minimum absolute atomic E-state index is 0.0108. The van der Waals surface area contributed by atoms with Crippen LogP contribution >= 0.6 is 11.3 Å². The summed E-state index contributed by atoms with van der Waals surface area (Å²) >= 11 is 1.45. The van der Waals surface area contributed by atoms with Crippen LogP contribution in [-0.2, 0) is 11.2 Å². The second-order valence-electron chi connectivity index (χ2n) is 4.85. The fourth-order valence-corrected chi connectivity index (χ4v) is 2.69. The summed E-state index contributed by atoms with van der Waals surface area (Å²) in [6, 6.07) is 2.71. The lowest BCUT2D eigenvalue weighted by Crippen LogP contribution is -2.20. The van der Waals surface area contributed by atoms with Crippen LogP contribution in [0.1, 0.15) is 16.3 Å². The van der Waals surface area contributed by atoms with Crippen LogP contribution in [0.4, 0.5) is 5.69 Å². The van der Waals surface area contributed by atoms with Crippen molar-refractivity contribution in [2.24, 2.45) is 5.10 Å². The van der Waals surface area contributed by atoms with Crippen molar-refractivity contribution >= 4 is 29.1 Å². The fourth-order valence-electron chi connectivity index (χ4n) is 2.08. The monoisotopic (exact) mass is 348 g/mol. The third-order valence-corrected chi connectivity index (χ3v) is 3.94. The van der Waals surface area contributed by atoms with Crippen molar-refractivity contribution in [3.8, 4) is 11.5 Å². The smallest absolute Gasteiger partial charge is 0.282 e. The van der Waals surface area contributed by atoms with Crippen molar-refractivity contribution in [1.29, 1.82) is 0 Å². The van der Waals surface area contributed by atoms with Crippen LogP contribution in [0.3, 0.4) is 0 Å². The summed E-state index contributed by atoms with van der Waals surface area (Å²) in [4.78, 5) is 26.5. The molecule has 1 amide bonds. The van der Waals surface area contributed by atoms with Gasteiger partial charge in [-0.2, -0.15) is 5.10 Å². The van der Waals surface area contributed by atoms with Gasteiger partial charge in [-0.3, -0.25) is 14.9 Å². The predicted octanol–water partition coefficient (Wildman–Crippen LogP) is 1.78. The Morgan fingerprint density at radius 1 is 1.50 bits per heavy atom. The summed E-state index contributed by atoms with van der Waals surface area (Å²) in [5.41, 5.74) is 2.99. The molecule has 1 N–H and O–H groups in total. The zero-order valence-corrected chi connectivity index (χ0v) is 13.3. The highest BCUT2D eigenvalue weighted by atomic mass is 32.1. The highest BCUT2D eigenvalue weighted by Gasteiger charge is 2.22. The van der Waals surface area contributed by atoms with Crippen molar-refractivity contribution < 1.29 is 19.2 Å². The Labute approximate surface area is 140 Å². The van der Waals surface area contributed by atoms with Gasteiger partial charge in [-0.15, -0.1) is 11.3 Å². The van der Waals surface area contributed by atoms with Gasteiger partial charge < -0.3 is 9.47 Å². The first kappa shape index (κ1) is 15.9. The summed E-state index contributed by atoms with van der Waals surface area (Å²) in [6.45, 7) is 1.86. The molecule has 1 aliphatic rings. The highest BCUT2D eigenvalue weighted by molar-refractivity contribution is 7.09. The van der Waals surface area contributed by atoms with E-state index in [-0.39, 0.29) is 30.4 Å². The number of rotatable bonds is 5. The topological polar surface area (TPSA) is 116 Å². The van der Waals surface area contributed by atoms with E-state index in [9.17, 15) is 14.9 Å².